The van der Waals surface area contributed by atoms with Crippen LogP contribution in [0.25, 0.3) is 0 Å². The summed E-state index contributed by atoms with van der Waals surface area (Å²) in [6, 6.07) is 14.3. The van der Waals surface area contributed by atoms with Gasteiger partial charge in [-0.25, -0.2) is 0 Å². The molecule has 0 spiro atoms. The van der Waals surface area contributed by atoms with Crippen LogP contribution < -0.4 is 9.47 Å². The van der Waals surface area contributed by atoms with E-state index < -0.39 is 6.04 Å². The molecular formula is C19H18N2O3. The Labute approximate surface area is 141 Å². The van der Waals surface area contributed by atoms with E-state index in [1.54, 1.807) is 37.3 Å². The van der Waals surface area contributed by atoms with Gasteiger partial charge in [0.2, 0.25) is 0 Å². The minimum absolute atomic E-state index is 0.136. The molecule has 0 saturated heterocycles. The number of fused-ring (bicyclic) bond motifs is 1. The van der Waals surface area contributed by atoms with E-state index in [1.165, 1.54) is 0 Å². The van der Waals surface area contributed by atoms with E-state index in [-0.39, 0.29) is 5.91 Å². The molecule has 24 heavy (non-hydrogen) atoms. The van der Waals surface area contributed by atoms with Gasteiger partial charge in [0.05, 0.1) is 20.3 Å². The summed E-state index contributed by atoms with van der Waals surface area (Å²) in [6.07, 6.45) is 0.673. The Morgan fingerprint density at radius 3 is 2.46 bits per heavy atom. The second-order valence-corrected chi connectivity index (χ2v) is 5.55. The highest BCUT2D eigenvalue weighted by atomic mass is 16.5. The third-order valence-corrected chi connectivity index (χ3v) is 4.28. The Balaban J connectivity index is 2.01. The lowest BCUT2D eigenvalue weighted by Crippen LogP contribution is -2.39. The van der Waals surface area contributed by atoms with Gasteiger partial charge in [-0.05, 0) is 41.8 Å². The summed E-state index contributed by atoms with van der Waals surface area (Å²) < 4.78 is 10.7. The number of carbonyl (C=O) groups is 1. The lowest BCUT2D eigenvalue weighted by atomic mass is 9.92. The van der Waals surface area contributed by atoms with Crippen LogP contribution >= 0.6 is 0 Å². The van der Waals surface area contributed by atoms with E-state index in [0.717, 1.165) is 11.1 Å². The zero-order valence-electron chi connectivity index (χ0n) is 13.7. The molecule has 2 aromatic rings. The maximum atomic E-state index is 12.8. The van der Waals surface area contributed by atoms with Crippen molar-refractivity contribution in [1.29, 1.82) is 5.26 Å². The molecule has 0 aromatic heterocycles. The molecule has 0 N–H and O–H groups in total. The number of hydrogen-bond donors (Lipinski definition) is 0. The molecule has 5 nitrogen and oxygen atoms in total. The molecule has 0 radical (unpaired) electrons. The fraction of sp³-hybridized carbons (Fsp3) is 0.263. The minimum atomic E-state index is -0.638. The van der Waals surface area contributed by atoms with Crippen LogP contribution in [0, 0.1) is 11.3 Å². The average molecular weight is 322 g/mol. The minimum Gasteiger partial charge on any atom is -0.493 e. The zero-order valence-corrected chi connectivity index (χ0v) is 13.7. The van der Waals surface area contributed by atoms with Crippen LogP contribution in [0.3, 0.4) is 0 Å². The first-order chi connectivity index (χ1) is 11.7. The maximum Gasteiger partial charge on any atom is 0.255 e. The largest absolute Gasteiger partial charge is 0.493 e. The van der Waals surface area contributed by atoms with Crippen LogP contribution in [0.5, 0.6) is 11.5 Å². The molecule has 1 aliphatic rings. The first-order valence-corrected chi connectivity index (χ1v) is 7.70. The molecule has 0 aliphatic carbocycles. The van der Waals surface area contributed by atoms with E-state index in [1.807, 2.05) is 24.3 Å². The number of carbonyl (C=O) groups excluding carboxylic acids is 1. The van der Waals surface area contributed by atoms with Crippen LogP contribution in [-0.4, -0.2) is 31.6 Å². The van der Waals surface area contributed by atoms with Gasteiger partial charge in [0.1, 0.15) is 6.04 Å². The van der Waals surface area contributed by atoms with Crippen molar-refractivity contribution in [2.75, 3.05) is 20.8 Å². The molecule has 122 valence electrons. The average Bonchev–Trinajstić information content (AvgIpc) is 2.65. The van der Waals surface area contributed by atoms with Gasteiger partial charge in [-0.3, -0.25) is 4.79 Å². The molecule has 1 unspecified atom stereocenters. The van der Waals surface area contributed by atoms with Gasteiger partial charge >= 0.3 is 0 Å². The number of benzene rings is 2. The second-order valence-electron chi connectivity index (χ2n) is 5.55. The predicted octanol–water partition coefficient (Wildman–Crippen LogP) is 2.97. The summed E-state index contributed by atoms with van der Waals surface area (Å²) in [4.78, 5) is 14.4. The van der Waals surface area contributed by atoms with Gasteiger partial charge in [0.25, 0.3) is 5.91 Å². The van der Waals surface area contributed by atoms with Gasteiger partial charge in [-0.15, -0.1) is 0 Å². The van der Waals surface area contributed by atoms with E-state index in [4.69, 9.17) is 9.47 Å². The van der Waals surface area contributed by atoms with Crippen molar-refractivity contribution < 1.29 is 14.3 Å². The number of nitriles is 1. The van der Waals surface area contributed by atoms with Crippen molar-refractivity contribution in [3.8, 4) is 17.6 Å². The SMILES string of the molecule is COc1cc2c(cc1OC)C(C#N)N(C(=O)c1ccccc1)CC2. The molecule has 0 fully saturated rings. The topological polar surface area (TPSA) is 62.6 Å². The summed E-state index contributed by atoms with van der Waals surface area (Å²) >= 11 is 0. The van der Waals surface area contributed by atoms with Gasteiger partial charge in [-0.2, -0.15) is 5.26 Å². The number of nitrogens with zero attached hydrogens (tertiary/aromatic N) is 2. The number of amides is 1. The van der Waals surface area contributed by atoms with Crippen molar-refractivity contribution in [2.45, 2.75) is 12.5 Å². The maximum absolute atomic E-state index is 12.8. The fourth-order valence-electron chi connectivity index (χ4n) is 3.05. The quantitative estimate of drug-likeness (QED) is 0.871. The molecule has 1 aliphatic heterocycles. The molecule has 1 amide bonds. The zero-order chi connectivity index (χ0) is 17.1. The highest BCUT2D eigenvalue weighted by Crippen LogP contribution is 2.38. The molecule has 0 saturated carbocycles. The number of hydrogen-bond acceptors (Lipinski definition) is 4. The Bertz CT molecular complexity index is 796. The van der Waals surface area contributed by atoms with E-state index >= 15 is 0 Å². The third-order valence-electron chi connectivity index (χ3n) is 4.28. The molecular weight excluding hydrogens is 304 g/mol. The first kappa shape index (κ1) is 15.9. The van der Waals surface area contributed by atoms with Crippen molar-refractivity contribution in [3.63, 3.8) is 0 Å². The van der Waals surface area contributed by atoms with Gasteiger partial charge in [0, 0.05) is 12.1 Å². The van der Waals surface area contributed by atoms with Gasteiger partial charge in [0.15, 0.2) is 11.5 Å². The van der Waals surface area contributed by atoms with Gasteiger partial charge < -0.3 is 14.4 Å². The Morgan fingerprint density at radius 1 is 1.17 bits per heavy atom. The smallest absolute Gasteiger partial charge is 0.255 e. The highest BCUT2D eigenvalue weighted by molar-refractivity contribution is 5.95. The summed E-state index contributed by atoms with van der Waals surface area (Å²) in [5.74, 6) is 1.06. The van der Waals surface area contributed by atoms with Crippen molar-refractivity contribution in [2.24, 2.45) is 0 Å². The van der Waals surface area contributed by atoms with Crippen LogP contribution in [0.1, 0.15) is 27.5 Å². The van der Waals surface area contributed by atoms with Crippen molar-refractivity contribution >= 4 is 5.91 Å². The highest BCUT2D eigenvalue weighted by Gasteiger charge is 2.32. The predicted molar refractivity (Wildman–Crippen MR) is 89.1 cm³/mol. The second kappa shape index (κ2) is 6.63. The lowest BCUT2D eigenvalue weighted by molar-refractivity contribution is 0.0705. The standard InChI is InChI=1S/C19H18N2O3/c1-23-17-10-14-8-9-21(19(22)13-6-4-3-5-7-13)16(12-20)15(14)11-18(17)24-2/h3-7,10-11,16H,8-9H2,1-2H3. The van der Waals surface area contributed by atoms with Crippen LogP contribution in [0.4, 0.5) is 0 Å². The van der Waals surface area contributed by atoms with Gasteiger partial charge in [-0.1, -0.05) is 18.2 Å². The number of ether oxygens (including phenoxy) is 2. The van der Waals surface area contributed by atoms with Crippen LogP contribution in [-0.2, 0) is 6.42 Å². The summed E-state index contributed by atoms with van der Waals surface area (Å²) in [5, 5.41) is 9.68. The van der Waals surface area contributed by atoms with E-state index in [9.17, 15) is 10.1 Å². The molecule has 0 bridgehead atoms. The first-order valence-electron chi connectivity index (χ1n) is 7.70. The summed E-state index contributed by atoms with van der Waals surface area (Å²) in [6.45, 7) is 0.494. The number of rotatable bonds is 3. The molecule has 5 heteroatoms. The Hall–Kier alpha value is -3.00. The fourth-order valence-corrected chi connectivity index (χ4v) is 3.05. The number of methoxy groups -OCH3 is 2. The molecule has 3 rings (SSSR count). The van der Waals surface area contributed by atoms with Crippen molar-refractivity contribution in [1.82, 2.24) is 4.90 Å². The molecule has 1 heterocycles. The summed E-state index contributed by atoms with van der Waals surface area (Å²) in [5.41, 5.74) is 2.39. The Morgan fingerprint density at radius 2 is 1.83 bits per heavy atom. The Kier molecular flexibility index (Phi) is 4.39. The lowest BCUT2D eigenvalue weighted by Gasteiger charge is -2.34. The third kappa shape index (κ3) is 2.67. The van der Waals surface area contributed by atoms with E-state index in [2.05, 4.69) is 6.07 Å². The van der Waals surface area contributed by atoms with Crippen LogP contribution in [0.2, 0.25) is 0 Å². The van der Waals surface area contributed by atoms with Crippen molar-refractivity contribution in [3.05, 3.63) is 59.2 Å². The molecule has 2 aromatic carbocycles. The van der Waals surface area contributed by atoms with Crippen LogP contribution in [0.15, 0.2) is 42.5 Å². The summed E-state index contributed by atoms with van der Waals surface area (Å²) in [7, 11) is 3.14. The van der Waals surface area contributed by atoms with E-state index in [0.29, 0.717) is 30.0 Å². The monoisotopic (exact) mass is 322 g/mol. The molecule has 1 atom stereocenters. The normalized spacial score (nSPS) is 16.0.